The zero-order valence-electron chi connectivity index (χ0n) is 10.2. The minimum atomic E-state index is 0.121. The maximum Gasteiger partial charge on any atom is 0.185 e. The Morgan fingerprint density at radius 1 is 1.56 bits per heavy atom. The molecule has 0 saturated heterocycles. The molecule has 0 spiro atoms. The molecular formula is C12H20N2OS. The number of thiazole rings is 1. The molecule has 1 atom stereocenters. The van der Waals surface area contributed by atoms with Crippen molar-refractivity contribution < 1.29 is 5.11 Å². The summed E-state index contributed by atoms with van der Waals surface area (Å²) in [6.07, 6.45) is 3.63. The largest absolute Gasteiger partial charge is 0.391 e. The molecule has 3 nitrogen and oxygen atoms in total. The second kappa shape index (κ2) is 4.72. The van der Waals surface area contributed by atoms with Gasteiger partial charge in [0.1, 0.15) is 0 Å². The van der Waals surface area contributed by atoms with Gasteiger partial charge >= 0.3 is 0 Å². The fourth-order valence-corrected chi connectivity index (χ4v) is 2.88. The van der Waals surface area contributed by atoms with Gasteiger partial charge in [-0.1, -0.05) is 25.2 Å². The van der Waals surface area contributed by atoms with Crippen LogP contribution in [0.15, 0.2) is 0 Å². The van der Waals surface area contributed by atoms with E-state index in [0.717, 1.165) is 22.1 Å². The average Bonchev–Trinajstić information content (AvgIpc) is 3.06. The number of anilines is 1. The Morgan fingerprint density at radius 2 is 2.25 bits per heavy atom. The maximum absolute atomic E-state index is 9.36. The third kappa shape index (κ3) is 2.23. The maximum atomic E-state index is 9.36. The Bertz CT molecular complexity index is 360. The summed E-state index contributed by atoms with van der Waals surface area (Å²) in [6.45, 7) is 4.46. The molecule has 0 amide bonds. The van der Waals surface area contributed by atoms with Gasteiger partial charge in [-0.3, -0.25) is 0 Å². The van der Waals surface area contributed by atoms with Gasteiger partial charge in [0.2, 0.25) is 0 Å². The van der Waals surface area contributed by atoms with E-state index in [1.54, 1.807) is 11.3 Å². The fraction of sp³-hybridized carbons (Fsp3) is 0.750. The van der Waals surface area contributed by atoms with Gasteiger partial charge in [-0.05, 0) is 25.2 Å². The zero-order chi connectivity index (χ0) is 11.7. The molecule has 1 saturated carbocycles. The molecule has 90 valence electrons. The molecule has 0 bridgehead atoms. The van der Waals surface area contributed by atoms with Crippen molar-refractivity contribution in [1.82, 2.24) is 4.98 Å². The Hall–Kier alpha value is -0.610. The van der Waals surface area contributed by atoms with Crippen LogP contribution >= 0.6 is 11.3 Å². The van der Waals surface area contributed by atoms with Crippen molar-refractivity contribution in [2.45, 2.75) is 51.7 Å². The predicted molar refractivity (Wildman–Crippen MR) is 68.2 cm³/mol. The van der Waals surface area contributed by atoms with Crippen LogP contribution in [0.3, 0.4) is 0 Å². The van der Waals surface area contributed by atoms with Crippen molar-refractivity contribution >= 4 is 16.5 Å². The standard InChI is InChI=1S/C12H20N2OS/c1-4-8(2)11-10(7-15)16-12(13-11)14(3)9-5-6-9/h8-9,15H,4-7H2,1-3H3. The molecule has 0 radical (unpaired) electrons. The second-order valence-corrected chi connectivity index (χ2v) is 5.68. The van der Waals surface area contributed by atoms with Crippen LogP contribution in [0.4, 0.5) is 5.13 Å². The van der Waals surface area contributed by atoms with Gasteiger partial charge in [0.15, 0.2) is 5.13 Å². The van der Waals surface area contributed by atoms with Crippen LogP contribution in [0.25, 0.3) is 0 Å². The van der Waals surface area contributed by atoms with E-state index in [1.807, 2.05) is 0 Å². The molecule has 1 aromatic heterocycles. The van der Waals surface area contributed by atoms with Crippen molar-refractivity contribution in [3.8, 4) is 0 Å². The van der Waals surface area contributed by atoms with Gasteiger partial charge in [-0.2, -0.15) is 0 Å². The quantitative estimate of drug-likeness (QED) is 0.859. The van der Waals surface area contributed by atoms with Crippen molar-refractivity contribution in [3.05, 3.63) is 10.6 Å². The van der Waals surface area contributed by atoms with E-state index in [-0.39, 0.29) is 6.61 Å². The summed E-state index contributed by atoms with van der Waals surface area (Å²) in [5, 5.41) is 10.4. The van der Waals surface area contributed by atoms with Crippen LogP contribution in [0.5, 0.6) is 0 Å². The smallest absolute Gasteiger partial charge is 0.185 e. The van der Waals surface area contributed by atoms with Crippen molar-refractivity contribution in [2.75, 3.05) is 11.9 Å². The van der Waals surface area contributed by atoms with Gasteiger partial charge in [0, 0.05) is 13.1 Å². The number of hydrogen-bond donors (Lipinski definition) is 1. The highest BCUT2D eigenvalue weighted by molar-refractivity contribution is 7.15. The lowest BCUT2D eigenvalue weighted by Crippen LogP contribution is -2.19. The summed E-state index contributed by atoms with van der Waals surface area (Å²) in [5.41, 5.74) is 1.09. The Kier molecular flexibility index (Phi) is 3.50. The SMILES string of the molecule is CCC(C)c1nc(N(C)C2CC2)sc1CO. The highest BCUT2D eigenvalue weighted by Crippen LogP contribution is 2.36. The molecule has 0 aromatic carbocycles. The van der Waals surface area contributed by atoms with E-state index in [4.69, 9.17) is 4.98 Å². The predicted octanol–water partition coefficient (Wildman–Crippen LogP) is 2.75. The van der Waals surface area contributed by atoms with Crippen LogP contribution in [-0.4, -0.2) is 23.2 Å². The number of aliphatic hydroxyl groups is 1. The first-order valence-corrected chi connectivity index (χ1v) is 6.82. The van der Waals surface area contributed by atoms with Gasteiger partial charge in [-0.15, -0.1) is 0 Å². The minimum absolute atomic E-state index is 0.121. The van der Waals surface area contributed by atoms with Gasteiger partial charge in [0.05, 0.1) is 17.2 Å². The molecule has 1 aromatic rings. The molecule has 4 heteroatoms. The molecule has 1 aliphatic carbocycles. The van der Waals surface area contributed by atoms with E-state index in [1.165, 1.54) is 12.8 Å². The second-order valence-electron chi connectivity index (χ2n) is 4.61. The minimum Gasteiger partial charge on any atom is -0.391 e. The van der Waals surface area contributed by atoms with Crippen molar-refractivity contribution in [3.63, 3.8) is 0 Å². The molecule has 1 N–H and O–H groups in total. The number of nitrogens with zero attached hydrogens (tertiary/aromatic N) is 2. The van der Waals surface area contributed by atoms with Gasteiger partial charge in [0.25, 0.3) is 0 Å². The number of aromatic nitrogens is 1. The molecule has 1 heterocycles. The molecule has 2 rings (SSSR count). The van der Waals surface area contributed by atoms with Gasteiger partial charge in [-0.25, -0.2) is 4.98 Å². The first kappa shape index (κ1) is 11.9. The Morgan fingerprint density at radius 3 is 2.75 bits per heavy atom. The summed E-state index contributed by atoms with van der Waals surface area (Å²) < 4.78 is 0. The third-order valence-electron chi connectivity index (χ3n) is 3.34. The lowest BCUT2D eigenvalue weighted by Gasteiger charge is -2.13. The Labute approximate surface area is 101 Å². The first-order chi connectivity index (χ1) is 7.67. The fourth-order valence-electron chi connectivity index (χ4n) is 1.81. The lowest BCUT2D eigenvalue weighted by atomic mass is 10.0. The van der Waals surface area contributed by atoms with Crippen LogP contribution < -0.4 is 4.90 Å². The molecule has 16 heavy (non-hydrogen) atoms. The summed E-state index contributed by atoms with van der Waals surface area (Å²) in [5.74, 6) is 0.444. The highest BCUT2D eigenvalue weighted by atomic mass is 32.1. The first-order valence-electron chi connectivity index (χ1n) is 6.00. The molecule has 1 aliphatic rings. The third-order valence-corrected chi connectivity index (χ3v) is 4.48. The van der Waals surface area contributed by atoms with Crippen LogP contribution in [0.1, 0.15) is 49.6 Å². The molecule has 1 fully saturated rings. The summed E-state index contributed by atoms with van der Waals surface area (Å²) in [7, 11) is 2.11. The number of hydrogen-bond acceptors (Lipinski definition) is 4. The van der Waals surface area contributed by atoms with E-state index in [2.05, 4.69) is 25.8 Å². The molecule has 1 unspecified atom stereocenters. The van der Waals surface area contributed by atoms with Crippen molar-refractivity contribution in [2.24, 2.45) is 0 Å². The zero-order valence-corrected chi connectivity index (χ0v) is 11.0. The number of aliphatic hydroxyl groups excluding tert-OH is 1. The summed E-state index contributed by atoms with van der Waals surface area (Å²) in [4.78, 5) is 8.00. The van der Waals surface area contributed by atoms with Gasteiger partial charge < -0.3 is 10.0 Å². The highest BCUT2D eigenvalue weighted by Gasteiger charge is 2.29. The van der Waals surface area contributed by atoms with Crippen LogP contribution in [-0.2, 0) is 6.61 Å². The van der Waals surface area contributed by atoms with Crippen LogP contribution in [0.2, 0.25) is 0 Å². The molecule has 0 aliphatic heterocycles. The van der Waals surface area contributed by atoms with E-state index in [9.17, 15) is 5.11 Å². The lowest BCUT2D eigenvalue weighted by molar-refractivity contribution is 0.283. The van der Waals surface area contributed by atoms with E-state index >= 15 is 0 Å². The van der Waals surface area contributed by atoms with Crippen LogP contribution in [0, 0.1) is 0 Å². The summed E-state index contributed by atoms with van der Waals surface area (Å²) in [6, 6.07) is 0.683. The molecular weight excluding hydrogens is 220 g/mol. The monoisotopic (exact) mass is 240 g/mol. The number of rotatable bonds is 5. The van der Waals surface area contributed by atoms with Crippen molar-refractivity contribution in [1.29, 1.82) is 0 Å². The summed E-state index contributed by atoms with van der Waals surface area (Å²) >= 11 is 1.64. The van der Waals surface area contributed by atoms with E-state index < -0.39 is 0 Å². The van der Waals surface area contributed by atoms with E-state index in [0.29, 0.717) is 12.0 Å². The topological polar surface area (TPSA) is 36.4 Å². The Balaban J connectivity index is 2.23. The average molecular weight is 240 g/mol. The normalized spacial score (nSPS) is 17.5.